The lowest BCUT2D eigenvalue weighted by molar-refractivity contribution is -0.384. The molecule has 84 valence electrons. The van der Waals surface area contributed by atoms with Crippen LogP contribution in [0.15, 0.2) is 35.4 Å². The Labute approximate surface area is 93.5 Å². The number of aromatic nitrogens is 3. The minimum absolute atomic E-state index is 0.00941. The molecule has 7 nitrogen and oxygen atoms in total. The highest BCUT2D eigenvalue weighted by molar-refractivity contribution is 5.88. The molecule has 3 aromatic rings. The van der Waals surface area contributed by atoms with Crippen LogP contribution in [0.5, 0.6) is 0 Å². The van der Waals surface area contributed by atoms with Gasteiger partial charge in [0.05, 0.1) is 10.4 Å². The molecule has 0 aliphatic carbocycles. The lowest BCUT2D eigenvalue weighted by Crippen LogP contribution is -2.09. The maximum atomic E-state index is 11.5. The number of nitro benzene ring substituents is 1. The van der Waals surface area contributed by atoms with Gasteiger partial charge < -0.3 is 4.98 Å². The number of fused-ring (bicyclic) bond motifs is 3. The summed E-state index contributed by atoms with van der Waals surface area (Å²) in [6.07, 6.45) is 1.29. The Morgan fingerprint density at radius 1 is 1.29 bits per heavy atom. The van der Waals surface area contributed by atoms with E-state index in [0.29, 0.717) is 16.4 Å². The summed E-state index contributed by atoms with van der Waals surface area (Å²) in [4.78, 5) is 24.1. The van der Waals surface area contributed by atoms with Crippen LogP contribution in [0.4, 0.5) is 5.69 Å². The zero-order valence-electron chi connectivity index (χ0n) is 8.45. The molecule has 0 unspecified atom stereocenters. The third-order valence-corrected chi connectivity index (χ3v) is 2.57. The third kappa shape index (κ3) is 1.29. The average Bonchev–Trinajstić information content (AvgIpc) is 2.68. The Morgan fingerprint density at radius 2 is 2.12 bits per heavy atom. The molecule has 0 bridgehead atoms. The van der Waals surface area contributed by atoms with Gasteiger partial charge in [-0.15, -0.1) is 0 Å². The van der Waals surface area contributed by atoms with Crippen LogP contribution in [-0.4, -0.2) is 19.5 Å². The molecule has 7 heteroatoms. The lowest BCUT2D eigenvalue weighted by Gasteiger charge is -1.94. The molecule has 0 radical (unpaired) electrons. The molecule has 0 saturated carbocycles. The minimum atomic E-state index is -0.473. The Hall–Kier alpha value is -2.70. The van der Waals surface area contributed by atoms with E-state index in [1.807, 2.05) is 0 Å². The first-order valence-electron chi connectivity index (χ1n) is 4.80. The van der Waals surface area contributed by atoms with Crippen LogP contribution in [0.2, 0.25) is 0 Å². The summed E-state index contributed by atoms with van der Waals surface area (Å²) < 4.78 is 1.46. The predicted molar refractivity (Wildman–Crippen MR) is 60.0 cm³/mol. The lowest BCUT2D eigenvalue weighted by atomic mass is 10.2. The fraction of sp³-hybridized carbons (Fsp3) is 0. The highest BCUT2D eigenvalue weighted by Gasteiger charge is 2.11. The van der Waals surface area contributed by atoms with Gasteiger partial charge in [-0.1, -0.05) is 0 Å². The molecular formula is C10H6N4O3. The first kappa shape index (κ1) is 9.52. The number of nitrogens with zero attached hydrogens (tertiary/aromatic N) is 3. The van der Waals surface area contributed by atoms with Crippen LogP contribution < -0.4 is 5.56 Å². The zero-order chi connectivity index (χ0) is 12.0. The monoisotopic (exact) mass is 230 g/mol. The van der Waals surface area contributed by atoms with Gasteiger partial charge in [0, 0.05) is 17.5 Å². The number of hydrogen-bond donors (Lipinski definition) is 1. The number of aromatic amines is 1. The van der Waals surface area contributed by atoms with Gasteiger partial charge in [-0.3, -0.25) is 14.9 Å². The quantitative estimate of drug-likeness (QED) is 0.500. The molecular weight excluding hydrogens is 224 g/mol. The summed E-state index contributed by atoms with van der Waals surface area (Å²) >= 11 is 0. The molecule has 0 aliphatic rings. The Morgan fingerprint density at radius 3 is 2.88 bits per heavy atom. The Kier molecular flexibility index (Phi) is 1.76. The first-order valence-corrected chi connectivity index (χ1v) is 4.80. The summed E-state index contributed by atoms with van der Waals surface area (Å²) in [5.74, 6) is 0. The van der Waals surface area contributed by atoms with Crippen LogP contribution >= 0.6 is 0 Å². The second-order valence-electron chi connectivity index (χ2n) is 3.56. The van der Waals surface area contributed by atoms with E-state index in [-0.39, 0.29) is 11.2 Å². The van der Waals surface area contributed by atoms with Crippen molar-refractivity contribution < 1.29 is 4.92 Å². The normalized spacial score (nSPS) is 11.1. The number of rotatable bonds is 1. The maximum absolute atomic E-state index is 11.5. The van der Waals surface area contributed by atoms with Crippen molar-refractivity contribution in [3.63, 3.8) is 0 Å². The molecule has 0 saturated heterocycles. The van der Waals surface area contributed by atoms with Gasteiger partial charge in [-0.05, 0) is 12.1 Å². The standard InChI is InChI=1S/C10H6N4O3/c15-10-9-4-6-3-7(14(16)17)1-2-8(6)13(9)12-5-11-10/h1-5H,(H,11,12,15). The molecule has 17 heavy (non-hydrogen) atoms. The highest BCUT2D eigenvalue weighted by atomic mass is 16.6. The van der Waals surface area contributed by atoms with Crippen LogP contribution in [-0.2, 0) is 0 Å². The van der Waals surface area contributed by atoms with Crippen LogP contribution in [0.25, 0.3) is 16.4 Å². The summed E-state index contributed by atoms with van der Waals surface area (Å²) in [5, 5.41) is 15.3. The van der Waals surface area contributed by atoms with Crippen molar-refractivity contribution >= 4 is 22.1 Å². The molecule has 0 atom stereocenters. The van der Waals surface area contributed by atoms with Crippen LogP contribution in [0.1, 0.15) is 0 Å². The summed E-state index contributed by atoms with van der Waals surface area (Å²) in [6.45, 7) is 0. The molecule has 2 heterocycles. The second kappa shape index (κ2) is 3.14. The zero-order valence-corrected chi connectivity index (χ0v) is 8.45. The molecule has 3 rings (SSSR count). The summed E-state index contributed by atoms with van der Waals surface area (Å²) in [6, 6.07) is 5.96. The molecule has 0 spiro atoms. The number of nitrogens with one attached hydrogen (secondary N) is 1. The first-order chi connectivity index (χ1) is 8.16. The predicted octanol–water partition coefficient (Wildman–Crippen LogP) is 1.08. The maximum Gasteiger partial charge on any atom is 0.275 e. The number of hydrogen-bond acceptors (Lipinski definition) is 4. The average molecular weight is 230 g/mol. The fourth-order valence-electron chi connectivity index (χ4n) is 1.81. The number of nitro groups is 1. The van der Waals surface area contributed by atoms with E-state index in [0.717, 1.165) is 0 Å². The van der Waals surface area contributed by atoms with Gasteiger partial charge in [-0.25, -0.2) is 4.52 Å². The van der Waals surface area contributed by atoms with Crippen LogP contribution in [0.3, 0.4) is 0 Å². The van der Waals surface area contributed by atoms with E-state index in [1.165, 1.54) is 23.0 Å². The van der Waals surface area contributed by atoms with E-state index >= 15 is 0 Å². The molecule has 0 fully saturated rings. The van der Waals surface area contributed by atoms with E-state index in [4.69, 9.17) is 0 Å². The van der Waals surface area contributed by atoms with E-state index in [2.05, 4.69) is 10.1 Å². The largest absolute Gasteiger partial charge is 0.310 e. The van der Waals surface area contributed by atoms with Crippen molar-refractivity contribution in [3.05, 3.63) is 51.1 Å². The molecule has 2 aromatic heterocycles. The highest BCUT2D eigenvalue weighted by Crippen LogP contribution is 2.22. The summed E-state index contributed by atoms with van der Waals surface area (Å²) in [7, 11) is 0. The van der Waals surface area contributed by atoms with E-state index in [1.54, 1.807) is 12.1 Å². The molecule has 1 N–H and O–H groups in total. The Balaban J connectivity index is 2.47. The fourth-order valence-corrected chi connectivity index (χ4v) is 1.81. The van der Waals surface area contributed by atoms with Gasteiger partial charge in [0.15, 0.2) is 0 Å². The molecule has 0 aliphatic heterocycles. The topological polar surface area (TPSA) is 93.3 Å². The van der Waals surface area contributed by atoms with Crippen molar-refractivity contribution in [1.29, 1.82) is 0 Å². The Bertz CT molecular complexity index is 802. The van der Waals surface area contributed by atoms with Gasteiger partial charge in [-0.2, -0.15) is 5.10 Å². The van der Waals surface area contributed by atoms with Crippen molar-refractivity contribution in [3.8, 4) is 0 Å². The summed E-state index contributed by atoms with van der Waals surface area (Å²) in [5.41, 5.74) is 0.739. The SMILES string of the molecule is O=c1[nH]cnn2c1cc1cc([N+](=O)[O-])ccc12. The molecule has 1 aromatic carbocycles. The van der Waals surface area contributed by atoms with Crippen molar-refractivity contribution in [1.82, 2.24) is 14.6 Å². The van der Waals surface area contributed by atoms with Crippen LogP contribution in [0, 0.1) is 10.1 Å². The number of benzene rings is 1. The minimum Gasteiger partial charge on any atom is -0.310 e. The van der Waals surface area contributed by atoms with Gasteiger partial charge in [0.25, 0.3) is 11.2 Å². The number of H-pyrrole nitrogens is 1. The van der Waals surface area contributed by atoms with Gasteiger partial charge in [0.2, 0.25) is 0 Å². The van der Waals surface area contributed by atoms with Crippen molar-refractivity contribution in [2.24, 2.45) is 0 Å². The molecule has 0 amide bonds. The van der Waals surface area contributed by atoms with Gasteiger partial charge >= 0.3 is 0 Å². The van der Waals surface area contributed by atoms with Crippen molar-refractivity contribution in [2.45, 2.75) is 0 Å². The van der Waals surface area contributed by atoms with Crippen molar-refractivity contribution in [2.75, 3.05) is 0 Å². The van der Waals surface area contributed by atoms with E-state index < -0.39 is 4.92 Å². The second-order valence-corrected chi connectivity index (χ2v) is 3.56. The van der Waals surface area contributed by atoms with Gasteiger partial charge in [0.1, 0.15) is 11.8 Å². The third-order valence-electron chi connectivity index (χ3n) is 2.57. The number of non-ortho nitro benzene ring substituents is 1. The smallest absolute Gasteiger partial charge is 0.275 e. The van der Waals surface area contributed by atoms with E-state index in [9.17, 15) is 14.9 Å².